The average molecular weight is 296 g/mol. The number of nitrogens with one attached hydrogen (secondary N) is 1. The van der Waals surface area contributed by atoms with Crippen LogP contribution in [0.1, 0.15) is 18.6 Å². The number of benzene rings is 1. The summed E-state index contributed by atoms with van der Waals surface area (Å²) in [6.45, 7) is 1.22. The van der Waals surface area contributed by atoms with Crippen LogP contribution in [0, 0.1) is 10.1 Å². The first-order valence-electron chi connectivity index (χ1n) is 6.03. The summed E-state index contributed by atoms with van der Waals surface area (Å²) in [4.78, 5) is 33.5. The highest BCUT2D eigenvalue weighted by atomic mass is 16.6. The van der Waals surface area contributed by atoms with E-state index in [1.165, 1.54) is 32.2 Å². The first kappa shape index (κ1) is 16.6. The average Bonchev–Trinajstić information content (AvgIpc) is 2.46. The largest absolute Gasteiger partial charge is 0.467 e. The highest BCUT2D eigenvalue weighted by molar-refractivity contribution is 5.84. The van der Waals surface area contributed by atoms with Gasteiger partial charge in [-0.25, -0.2) is 4.79 Å². The van der Waals surface area contributed by atoms with Crippen LogP contribution in [0.2, 0.25) is 0 Å². The van der Waals surface area contributed by atoms with Gasteiger partial charge in [0.05, 0.1) is 17.6 Å². The van der Waals surface area contributed by atoms with Gasteiger partial charge < -0.3 is 14.8 Å². The van der Waals surface area contributed by atoms with Gasteiger partial charge in [-0.1, -0.05) is 12.1 Å². The van der Waals surface area contributed by atoms with Gasteiger partial charge >= 0.3 is 5.97 Å². The molecule has 114 valence electrons. The van der Waals surface area contributed by atoms with Crippen LogP contribution in [-0.4, -0.2) is 37.1 Å². The third-order valence-electron chi connectivity index (χ3n) is 2.81. The Bertz CT molecular complexity index is 545. The topological polar surface area (TPSA) is 108 Å². The molecule has 0 bridgehead atoms. The SMILES string of the molecule is COC(=O)[C@@H](NC(C)=O)[C@@H](OC)c1ccccc1[N+](=O)[O-]. The van der Waals surface area contributed by atoms with Crippen molar-refractivity contribution in [3.05, 3.63) is 39.9 Å². The normalized spacial score (nSPS) is 13.1. The van der Waals surface area contributed by atoms with E-state index >= 15 is 0 Å². The molecule has 0 aliphatic carbocycles. The Labute approximate surface area is 121 Å². The minimum atomic E-state index is -1.18. The molecule has 0 saturated heterocycles. The van der Waals surface area contributed by atoms with Crippen LogP contribution in [-0.2, 0) is 19.1 Å². The Balaban J connectivity index is 3.28. The van der Waals surface area contributed by atoms with Crippen LogP contribution in [0.5, 0.6) is 0 Å². The number of ether oxygens (including phenoxy) is 2. The van der Waals surface area contributed by atoms with Crippen molar-refractivity contribution in [3.63, 3.8) is 0 Å². The quantitative estimate of drug-likeness (QED) is 0.476. The molecule has 8 nitrogen and oxygen atoms in total. The summed E-state index contributed by atoms with van der Waals surface area (Å²) in [7, 11) is 2.45. The molecule has 8 heteroatoms. The first-order valence-corrected chi connectivity index (χ1v) is 6.03. The maximum Gasteiger partial charge on any atom is 0.331 e. The molecule has 0 saturated carbocycles. The van der Waals surface area contributed by atoms with Crippen molar-refractivity contribution in [3.8, 4) is 0 Å². The van der Waals surface area contributed by atoms with Gasteiger partial charge in [-0.3, -0.25) is 14.9 Å². The number of nitro groups is 1. The summed E-state index contributed by atoms with van der Waals surface area (Å²) in [5.41, 5.74) is -0.0299. The van der Waals surface area contributed by atoms with Crippen LogP contribution >= 0.6 is 0 Å². The van der Waals surface area contributed by atoms with E-state index in [1.807, 2.05) is 0 Å². The summed E-state index contributed by atoms with van der Waals surface area (Å²) in [6.07, 6.45) is -1.04. The van der Waals surface area contributed by atoms with Gasteiger partial charge in [0.15, 0.2) is 6.04 Å². The minimum Gasteiger partial charge on any atom is -0.467 e. The third kappa shape index (κ3) is 3.99. The van der Waals surface area contributed by atoms with Crippen molar-refractivity contribution in [2.75, 3.05) is 14.2 Å². The van der Waals surface area contributed by atoms with Crippen molar-refractivity contribution in [2.45, 2.75) is 19.1 Å². The number of hydrogen-bond donors (Lipinski definition) is 1. The van der Waals surface area contributed by atoms with Gasteiger partial charge in [0.1, 0.15) is 6.10 Å². The zero-order valence-electron chi connectivity index (χ0n) is 11.9. The smallest absolute Gasteiger partial charge is 0.331 e. The van der Waals surface area contributed by atoms with E-state index in [4.69, 9.17) is 4.74 Å². The van der Waals surface area contributed by atoms with Gasteiger partial charge in [-0.15, -0.1) is 0 Å². The number of esters is 1. The van der Waals surface area contributed by atoms with Crippen LogP contribution in [0.4, 0.5) is 5.69 Å². The molecule has 1 N–H and O–H groups in total. The number of para-hydroxylation sites is 1. The Morgan fingerprint density at radius 1 is 1.29 bits per heavy atom. The van der Waals surface area contributed by atoms with Crippen molar-refractivity contribution in [2.24, 2.45) is 0 Å². The molecule has 0 heterocycles. The van der Waals surface area contributed by atoms with E-state index in [1.54, 1.807) is 6.07 Å². The van der Waals surface area contributed by atoms with Crippen LogP contribution in [0.15, 0.2) is 24.3 Å². The summed E-state index contributed by atoms with van der Waals surface area (Å²) in [6, 6.07) is 4.66. The maximum absolute atomic E-state index is 11.8. The molecule has 1 rings (SSSR count). The highest BCUT2D eigenvalue weighted by Gasteiger charge is 2.35. The molecule has 1 aromatic rings. The number of methoxy groups -OCH3 is 2. The lowest BCUT2D eigenvalue weighted by atomic mass is 10.00. The number of hydrogen-bond acceptors (Lipinski definition) is 6. The molecule has 0 aliphatic rings. The number of nitrogens with zero attached hydrogens (tertiary/aromatic N) is 1. The van der Waals surface area contributed by atoms with Gasteiger partial charge in [0.25, 0.3) is 5.69 Å². The van der Waals surface area contributed by atoms with Gasteiger partial charge in [-0.2, -0.15) is 0 Å². The number of nitro benzene ring substituents is 1. The lowest BCUT2D eigenvalue weighted by molar-refractivity contribution is -0.386. The molecule has 0 spiro atoms. The molecule has 1 amide bonds. The zero-order valence-corrected chi connectivity index (χ0v) is 11.9. The van der Waals surface area contributed by atoms with Crippen LogP contribution in [0.25, 0.3) is 0 Å². The molecule has 21 heavy (non-hydrogen) atoms. The fourth-order valence-electron chi connectivity index (χ4n) is 1.94. The molecule has 0 aromatic heterocycles. The number of rotatable bonds is 6. The number of carbonyl (C=O) groups excluding carboxylic acids is 2. The van der Waals surface area contributed by atoms with Crippen LogP contribution < -0.4 is 5.32 Å². The minimum absolute atomic E-state index is 0.175. The number of amides is 1. The fourth-order valence-corrected chi connectivity index (χ4v) is 1.94. The summed E-state index contributed by atoms with van der Waals surface area (Å²) in [5, 5.41) is 13.5. The standard InChI is InChI=1S/C13H16N2O6/c1-8(16)14-11(13(17)21-3)12(20-2)9-6-4-5-7-10(9)15(18)19/h4-7,11-12H,1-3H3,(H,14,16)/t11-,12-/m0/s1. The second-order valence-electron chi connectivity index (χ2n) is 4.17. The molecule has 0 fully saturated rings. The molecule has 1 aromatic carbocycles. The Kier molecular flexibility index (Phi) is 5.79. The predicted molar refractivity (Wildman–Crippen MR) is 72.5 cm³/mol. The van der Waals surface area contributed by atoms with Crippen molar-refractivity contribution in [1.29, 1.82) is 0 Å². The second kappa shape index (κ2) is 7.34. The fraction of sp³-hybridized carbons (Fsp3) is 0.385. The Hall–Kier alpha value is -2.48. The first-order chi connectivity index (χ1) is 9.92. The van der Waals surface area contributed by atoms with Crippen LogP contribution in [0.3, 0.4) is 0 Å². The molecule has 0 aliphatic heterocycles. The summed E-state index contributed by atoms with van der Waals surface area (Å²) < 4.78 is 9.81. The van der Waals surface area contributed by atoms with E-state index in [2.05, 4.69) is 10.1 Å². The van der Waals surface area contributed by atoms with Gasteiger partial charge in [0, 0.05) is 20.1 Å². The molecule has 0 radical (unpaired) electrons. The zero-order chi connectivity index (χ0) is 16.0. The van der Waals surface area contributed by atoms with E-state index in [0.29, 0.717) is 0 Å². The van der Waals surface area contributed by atoms with E-state index < -0.39 is 28.9 Å². The molecule has 2 atom stereocenters. The monoisotopic (exact) mass is 296 g/mol. The second-order valence-corrected chi connectivity index (χ2v) is 4.17. The number of carbonyl (C=O) groups is 2. The lowest BCUT2D eigenvalue weighted by Crippen LogP contribution is -2.45. The Morgan fingerprint density at radius 2 is 1.90 bits per heavy atom. The summed E-state index contributed by atoms with van der Waals surface area (Å²) >= 11 is 0. The van der Waals surface area contributed by atoms with E-state index in [0.717, 1.165) is 7.11 Å². The maximum atomic E-state index is 11.8. The predicted octanol–water partition coefficient (Wildman–Crippen LogP) is 0.960. The molecule has 0 unspecified atom stereocenters. The molecular weight excluding hydrogens is 280 g/mol. The summed E-state index contributed by atoms with van der Waals surface area (Å²) in [5.74, 6) is -1.23. The van der Waals surface area contributed by atoms with Crippen molar-refractivity contribution >= 4 is 17.6 Å². The third-order valence-corrected chi connectivity index (χ3v) is 2.81. The lowest BCUT2D eigenvalue weighted by Gasteiger charge is -2.24. The molecular formula is C13H16N2O6. The van der Waals surface area contributed by atoms with Gasteiger partial charge in [0.2, 0.25) is 5.91 Å². The Morgan fingerprint density at radius 3 is 2.38 bits per heavy atom. The van der Waals surface area contributed by atoms with Crippen molar-refractivity contribution < 1.29 is 24.0 Å². The van der Waals surface area contributed by atoms with Gasteiger partial charge in [-0.05, 0) is 6.07 Å². The van der Waals surface area contributed by atoms with E-state index in [9.17, 15) is 19.7 Å². The van der Waals surface area contributed by atoms with Crippen molar-refractivity contribution in [1.82, 2.24) is 5.32 Å². The highest BCUT2D eigenvalue weighted by Crippen LogP contribution is 2.29. The van der Waals surface area contributed by atoms with E-state index in [-0.39, 0.29) is 11.3 Å².